The summed E-state index contributed by atoms with van der Waals surface area (Å²) in [4.78, 5) is 11.1. The fourth-order valence-corrected chi connectivity index (χ4v) is 2.68. The molecule has 3 heterocycles. The molecule has 3 nitrogen and oxygen atoms in total. The summed E-state index contributed by atoms with van der Waals surface area (Å²) in [7, 11) is 0. The van der Waals surface area contributed by atoms with Crippen LogP contribution in [0.2, 0.25) is 0 Å². The van der Waals surface area contributed by atoms with Crippen molar-refractivity contribution in [2.24, 2.45) is 0 Å². The molecule has 0 saturated heterocycles. The van der Waals surface area contributed by atoms with E-state index in [4.69, 9.17) is 0 Å². The van der Waals surface area contributed by atoms with Gasteiger partial charge in [-0.25, -0.2) is 0 Å². The average molecular weight is 313 g/mol. The number of fused-ring (bicyclic) bond motifs is 3. The minimum atomic E-state index is -4.40. The van der Waals surface area contributed by atoms with E-state index >= 15 is 0 Å². The second-order valence-electron chi connectivity index (χ2n) is 5.27. The molecular formula is C17H10F3N3. The third kappa shape index (κ3) is 2.32. The number of aromatic nitrogens is 3. The highest BCUT2D eigenvalue weighted by molar-refractivity contribution is 6.07. The molecule has 0 amide bonds. The lowest BCUT2D eigenvalue weighted by Crippen LogP contribution is -2.05. The monoisotopic (exact) mass is 313 g/mol. The van der Waals surface area contributed by atoms with Crippen molar-refractivity contribution in [1.82, 2.24) is 15.0 Å². The van der Waals surface area contributed by atoms with E-state index in [-0.39, 0.29) is 0 Å². The molecule has 0 atom stereocenters. The number of halogens is 3. The molecule has 3 aromatic heterocycles. The average Bonchev–Trinajstić information content (AvgIpc) is 2.92. The molecular weight excluding hydrogens is 303 g/mol. The number of H-pyrrole nitrogens is 1. The summed E-state index contributed by atoms with van der Waals surface area (Å²) < 4.78 is 38.5. The van der Waals surface area contributed by atoms with Gasteiger partial charge < -0.3 is 4.98 Å². The lowest BCUT2D eigenvalue weighted by atomic mass is 10.0. The van der Waals surface area contributed by atoms with Crippen LogP contribution in [0.4, 0.5) is 13.2 Å². The van der Waals surface area contributed by atoms with Gasteiger partial charge in [-0.3, -0.25) is 9.97 Å². The van der Waals surface area contributed by atoms with Gasteiger partial charge in [0, 0.05) is 52.2 Å². The van der Waals surface area contributed by atoms with Gasteiger partial charge in [0.25, 0.3) is 0 Å². The molecule has 6 heteroatoms. The van der Waals surface area contributed by atoms with Crippen molar-refractivity contribution in [2.75, 3.05) is 0 Å². The van der Waals surface area contributed by atoms with E-state index in [1.165, 1.54) is 6.20 Å². The lowest BCUT2D eigenvalue weighted by Gasteiger charge is -2.08. The lowest BCUT2D eigenvalue weighted by molar-refractivity contribution is -0.137. The van der Waals surface area contributed by atoms with E-state index in [2.05, 4.69) is 15.0 Å². The molecule has 0 aliphatic carbocycles. The number of benzene rings is 1. The van der Waals surface area contributed by atoms with Crippen LogP contribution in [0.25, 0.3) is 32.9 Å². The maximum atomic E-state index is 12.8. The van der Waals surface area contributed by atoms with Gasteiger partial charge in [-0.2, -0.15) is 13.2 Å². The van der Waals surface area contributed by atoms with Crippen LogP contribution in [0.15, 0.2) is 55.1 Å². The van der Waals surface area contributed by atoms with Crippen LogP contribution in [0.1, 0.15) is 5.56 Å². The standard InChI is InChI=1S/C17H10F3N3/c18-17(19,20)12-5-11(7-22-8-12)10-1-2-13-14-9-21-4-3-15(14)23-16(13)6-10/h1-9,23H. The molecule has 23 heavy (non-hydrogen) atoms. The number of rotatable bonds is 1. The van der Waals surface area contributed by atoms with Gasteiger partial charge in [0.2, 0.25) is 0 Å². The number of nitrogens with one attached hydrogen (secondary N) is 1. The van der Waals surface area contributed by atoms with E-state index in [1.54, 1.807) is 18.5 Å². The Hall–Kier alpha value is -2.89. The van der Waals surface area contributed by atoms with Crippen molar-refractivity contribution in [3.8, 4) is 11.1 Å². The zero-order chi connectivity index (χ0) is 16.0. The van der Waals surface area contributed by atoms with Gasteiger partial charge in [0.1, 0.15) is 0 Å². The zero-order valence-corrected chi connectivity index (χ0v) is 11.7. The summed E-state index contributed by atoms with van der Waals surface area (Å²) in [6.07, 6.45) is 1.31. The van der Waals surface area contributed by atoms with E-state index in [0.29, 0.717) is 11.1 Å². The maximum Gasteiger partial charge on any atom is 0.417 e. The van der Waals surface area contributed by atoms with Gasteiger partial charge in [0.15, 0.2) is 0 Å². The normalized spacial score (nSPS) is 12.1. The minimum Gasteiger partial charge on any atom is -0.354 e. The first kappa shape index (κ1) is 13.8. The number of hydrogen-bond donors (Lipinski definition) is 1. The number of pyridine rings is 2. The number of nitrogens with zero attached hydrogens (tertiary/aromatic N) is 2. The highest BCUT2D eigenvalue weighted by Crippen LogP contribution is 2.33. The SMILES string of the molecule is FC(F)(F)c1cncc(-c2ccc3c(c2)[nH]c2ccncc23)c1. The Kier molecular flexibility index (Phi) is 2.87. The van der Waals surface area contributed by atoms with Crippen LogP contribution < -0.4 is 0 Å². The summed E-state index contributed by atoms with van der Waals surface area (Å²) in [5.74, 6) is 0. The quantitative estimate of drug-likeness (QED) is 0.548. The van der Waals surface area contributed by atoms with Crippen molar-refractivity contribution in [3.63, 3.8) is 0 Å². The number of alkyl halides is 3. The molecule has 0 radical (unpaired) electrons. The van der Waals surface area contributed by atoms with Gasteiger partial charge in [-0.1, -0.05) is 12.1 Å². The molecule has 1 N–H and O–H groups in total. The van der Waals surface area contributed by atoms with Crippen molar-refractivity contribution in [1.29, 1.82) is 0 Å². The zero-order valence-electron chi connectivity index (χ0n) is 11.7. The van der Waals surface area contributed by atoms with Crippen LogP contribution in [0, 0.1) is 0 Å². The topological polar surface area (TPSA) is 41.6 Å². The smallest absolute Gasteiger partial charge is 0.354 e. The largest absolute Gasteiger partial charge is 0.417 e. The molecule has 0 bridgehead atoms. The highest BCUT2D eigenvalue weighted by atomic mass is 19.4. The fourth-order valence-electron chi connectivity index (χ4n) is 2.68. The fraction of sp³-hybridized carbons (Fsp3) is 0.0588. The first-order chi connectivity index (χ1) is 11.0. The molecule has 1 aromatic carbocycles. The van der Waals surface area contributed by atoms with Crippen LogP contribution in [0.3, 0.4) is 0 Å². The molecule has 4 aromatic rings. The van der Waals surface area contributed by atoms with Crippen LogP contribution in [0.5, 0.6) is 0 Å². The van der Waals surface area contributed by atoms with Crippen molar-refractivity contribution >= 4 is 21.8 Å². The summed E-state index contributed by atoms with van der Waals surface area (Å²) in [5.41, 5.74) is 2.14. The third-order valence-electron chi connectivity index (χ3n) is 3.80. The molecule has 0 saturated carbocycles. The Morgan fingerprint density at radius 2 is 1.65 bits per heavy atom. The highest BCUT2D eigenvalue weighted by Gasteiger charge is 2.31. The minimum absolute atomic E-state index is 0.429. The van der Waals surface area contributed by atoms with Crippen molar-refractivity contribution in [2.45, 2.75) is 6.18 Å². The van der Waals surface area contributed by atoms with Gasteiger partial charge >= 0.3 is 6.18 Å². The van der Waals surface area contributed by atoms with Gasteiger partial charge in [0.05, 0.1) is 5.56 Å². The second kappa shape index (κ2) is 4.81. The summed E-state index contributed by atoms with van der Waals surface area (Å²) in [6.45, 7) is 0. The molecule has 0 aliphatic heterocycles. The van der Waals surface area contributed by atoms with E-state index in [1.807, 2.05) is 18.2 Å². The Morgan fingerprint density at radius 3 is 2.48 bits per heavy atom. The Morgan fingerprint density at radius 1 is 0.783 bits per heavy atom. The van der Waals surface area contributed by atoms with Crippen molar-refractivity contribution in [3.05, 3.63) is 60.7 Å². The van der Waals surface area contributed by atoms with Crippen LogP contribution >= 0.6 is 0 Å². The Balaban J connectivity index is 1.88. The third-order valence-corrected chi connectivity index (χ3v) is 3.80. The maximum absolute atomic E-state index is 12.8. The summed E-state index contributed by atoms with van der Waals surface area (Å²) in [5, 5.41) is 1.97. The predicted molar refractivity (Wildman–Crippen MR) is 81.8 cm³/mol. The molecule has 0 unspecified atom stereocenters. The van der Waals surface area contributed by atoms with Crippen molar-refractivity contribution < 1.29 is 13.2 Å². The van der Waals surface area contributed by atoms with Gasteiger partial charge in [-0.05, 0) is 23.8 Å². The molecule has 0 aliphatic rings. The summed E-state index contributed by atoms with van der Waals surface area (Å²) >= 11 is 0. The van der Waals surface area contributed by atoms with E-state index < -0.39 is 11.7 Å². The van der Waals surface area contributed by atoms with E-state index in [0.717, 1.165) is 34.1 Å². The number of aromatic amines is 1. The first-order valence-electron chi connectivity index (χ1n) is 6.90. The molecule has 0 fully saturated rings. The summed E-state index contributed by atoms with van der Waals surface area (Å²) in [6, 6.07) is 8.47. The molecule has 0 spiro atoms. The first-order valence-corrected chi connectivity index (χ1v) is 6.90. The van der Waals surface area contributed by atoms with Crippen LogP contribution in [-0.2, 0) is 6.18 Å². The molecule has 114 valence electrons. The van der Waals surface area contributed by atoms with Crippen LogP contribution in [-0.4, -0.2) is 15.0 Å². The predicted octanol–water partition coefficient (Wildman–Crippen LogP) is 4.80. The van der Waals surface area contributed by atoms with E-state index in [9.17, 15) is 13.2 Å². The number of hydrogen-bond acceptors (Lipinski definition) is 2. The second-order valence-corrected chi connectivity index (χ2v) is 5.27. The van der Waals surface area contributed by atoms with Gasteiger partial charge in [-0.15, -0.1) is 0 Å². The Labute approximate surface area is 128 Å². The Bertz CT molecular complexity index is 1020. The molecule has 4 rings (SSSR count).